The summed E-state index contributed by atoms with van der Waals surface area (Å²) in [5.74, 6) is 1.13. The lowest BCUT2D eigenvalue weighted by molar-refractivity contribution is -0.384. The van der Waals surface area contributed by atoms with Crippen molar-refractivity contribution in [2.24, 2.45) is 0 Å². The summed E-state index contributed by atoms with van der Waals surface area (Å²) in [4.78, 5) is 22.1. The summed E-state index contributed by atoms with van der Waals surface area (Å²) in [6, 6.07) is 16.6. The van der Waals surface area contributed by atoms with Crippen LogP contribution in [0.4, 0.5) is 11.5 Å². The van der Waals surface area contributed by atoms with Gasteiger partial charge in [-0.15, -0.1) is 0 Å². The molecule has 1 aromatic heterocycles. The van der Waals surface area contributed by atoms with Crippen LogP contribution in [0, 0.1) is 17.0 Å². The third-order valence-electron chi connectivity index (χ3n) is 5.70. The number of nitrogens with zero attached hydrogens (tertiary/aromatic N) is 4. The Morgan fingerprint density at radius 3 is 2.59 bits per heavy atom. The largest absolute Gasteiger partial charge is 0.393 e. The highest BCUT2D eigenvalue weighted by Gasteiger charge is 2.18. The summed E-state index contributed by atoms with van der Waals surface area (Å²) in [5, 5.41) is 24.2. The van der Waals surface area contributed by atoms with Crippen LogP contribution in [0.15, 0.2) is 54.6 Å². The quantitative estimate of drug-likeness (QED) is 0.430. The second-order valence-electron chi connectivity index (χ2n) is 8.16. The Morgan fingerprint density at radius 2 is 1.84 bits per heavy atom. The van der Waals surface area contributed by atoms with Crippen molar-refractivity contribution in [3.05, 3.63) is 81.5 Å². The van der Waals surface area contributed by atoms with Crippen molar-refractivity contribution < 1.29 is 10.0 Å². The second-order valence-corrected chi connectivity index (χ2v) is 8.16. The molecule has 0 radical (unpaired) electrons. The van der Waals surface area contributed by atoms with E-state index in [1.807, 2.05) is 25.1 Å². The molecule has 0 bridgehead atoms. The standard InChI is InChI=1S/C24H27N5O3/c1-17-13-23(27-24(26-17)18-7-4-8-21(14-18)29(31)32)25-15-19-5-2-3-6-20(19)16-28-11-9-22(30)10-12-28/h2-8,13-14,22,30H,9-12,15-16H2,1H3,(H,25,26,27). The van der Waals surface area contributed by atoms with Crippen LogP contribution in [0.2, 0.25) is 0 Å². The molecule has 8 heteroatoms. The summed E-state index contributed by atoms with van der Waals surface area (Å²) >= 11 is 0. The zero-order chi connectivity index (χ0) is 22.5. The van der Waals surface area contributed by atoms with Crippen molar-refractivity contribution in [1.82, 2.24) is 14.9 Å². The SMILES string of the molecule is Cc1cc(NCc2ccccc2CN2CCC(O)CC2)nc(-c2cccc([N+](=O)[O-])c2)n1. The lowest BCUT2D eigenvalue weighted by atomic mass is 10.0. The molecule has 166 valence electrons. The van der Waals surface area contributed by atoms with Gasteiger partial charge in [-0.1, -0.05) is 36.4 Å². The zero-order valence-corrected chi connectivity index (χ0v) is 18.1. The third-order valence-corrected chi connectivity index (χ3v) is 5.70. The van der Waals surface area contributed by atoms with E-state index in [-0.39, 0.29) is 11.8 Å². The predicted octanol–water partition coefficient (Wildman–Crippen LogP) is 3.93. The Hall–Kier alpha value is -3.36. The normalized spacial score (nSPS) is 14.9. The average molecular weight is 434 g/mol. The number of anilines is 1. The number of nitro groups is 1. The molecule has 2 heterocycles. The lowest BCUT2D eigenvalue weighted by Crippen LogP contribution is -2.35. The number of aryl methyl sites for hydroxylation is 1. The molecular formula is C24H27N5O3. The molecule has 8 nitrogen and oxygen atoms in total. The molecule has 32 heavy (non-hydrogen) atoms. The lowest BCUT2D eigenvalue weighted by Gasteiger charge is -2.30. The fourth-order valence-electron chi connectivity index (χ4n) is 3.94. The highest BCUT2D eigenvalue weighted by molar-refractivity contribution is 5.61. The summed E-state index contributed by atoms with van der Waals surface area (Å²) in [7, 11) is 0. The Bertz CT molecular complexity index is 1100. The van der Waals surface area contributed by atoms with Gasteiger partial charge in [-0.05, 0) is 30.9 Å². The molecule has 0 aliphatic carbocycles. The molecule has 0 atom stereocenters. The molecule has 1 fully saturated rings. The molecule has 0 spiro atoms. The fraction of sp³-hybridized carbons (Fsp3) is 0.333. The van der Waals surface area contributed by atoms with E-state index in [2.05, 4.69) is 32.3 Å². The summed E-state index contributed by atoms with van der Waals surface area (Å²) in [6.45, 7) is 5.15. The van der Waals surface area contributed by atoms with E-state index in [0.717, 1.165) is 38.2 Å². The number of likely N-dealkylation sites (tertiary alicyclic amines) is 1. The van der Waals surface area contributed by atoms with Crippen LogP contribution < -0.4 is 5.32 Å². The molecule has 0 amide bonds. The highest BCUT2D eigenvalue weighted by Crippen LogP contribution is 2.23. The molecule has 0 saturated carbocycles. The number of benzene rings is 2. The number of nitro benzene ring substituents is 1. The minimum Gasteiger partial charge on any atom is -0.393 e. The third kappa shape index (κ3) is 5.46. The van der Waals surface area contributed by atoms with Crippen LogP contribution in [0.3, 0.4) is 0 Å². The van der Waals surface area contributed by atoms with E-state index < -0.39 is 4.92 Å². The van der Waals surface area contributed by atoms with Crippen molar-refractivity contribution in [1.29, 1.82) is 0 Å². The van der Waals surface area contributed by atoms with Gasteiger partial charge in [-0.3, -0.25) is 15.0 Å². The Labute approximate surface area is 187 Å². The predicted molar refractivity (Wildman–Crippen MR) is 123 cm³/mol. The van der Waals surface area contributed by atoms with E-state index >= 15 is 0 Å². The van der Waals surface area contributed by atoms with Crippen LogP contribution in [-0.4, -0.2) is 44.1 Å². The maximum absolute atomic E-state index is 11.1. The van der Waals surface area contributed by atoms with Gasteiger partial charge < -0.3 is 10.4 Å². The molecule has 3 aromatic rings. The Kier molecular flexibility index (Phi) is 6.72. The first-order chi connectivity index (χ1) is 15.5. The number of aliphatic hydroxyl groups is 1. The second kappa shape index (κ2) is 9.84. The first-order valence-corrected chi connectivity index (χ1v) is 10.8. The Balaban J connectivity index is 1.49. The van der Waals surface area contributed by atoms with E-state index in [9.17, 15) is 15.2 Å². The van der Waals surface area contributed by atoms with Gasteiger partial charge in [-0.2, -0.15) is 0 Å². The topological polar surface area (TPSA) is 104 Å². The number of piperidine rings is 1. The van der Waals surface area contributed by atoms with E-state index in [0.29, 0.717) is 23.8 Å². The summed E-state index contributed by atoms with van der Waals surface area (Å²) < 4.78 is 0. The highest BCUT2D eigenvalue weighted by atomic mass is 16.6. The van der Waals surface area contributed by atoms with Gasteiger partial charge in [0.25, 0.3) is 5.69 Å². The number of aliphatic hydroxyl groups excluding tert-OH is 1. The minimum absolute atomic E-state index is 0.0151. The smallest absolute Gasteiger partial charge is 0.270 e. The minimum atomic E-state index is -0.418. The fourth-order valence-corrected chi connectivity index (χ4v) is 3.94. The number of non-ortho nitro benzene ring substituents is 1. The van der Waals surface area contributed by atoms with Gasteiger partial charge in [0.1, 0.15) is 5.82 Å². The van der Waals surface area contributed by atoms with Crippen LogP contribution in [0.25, 0.3) is 11.4 Å². The van der Waals surface area contributed by atoms with Crippen molar-refractivity contribution in [3.63, 3.8) is 0 Å². The maximum Gasteiger partial charge on any atom is 0.270 e. The molecular weight excluding hydrogens is 406 g/mol. The van der Waals surface area contributed by atoms with Crippen LogP contribution in [-0.2, 0) is 13.1 Å². The van der Waals surface area contributed by atoms with Crippen LogP contribution >= 0.6 is 0 Å². The van der Waals surface area contributed by atoms with E-state index in [1.165, 1.54) is 23.3 Å². The summed E-state index contributed by atoms with van der Waals surface area (Å²) in [6.07, 6.45) is 1.46. The van der Waals surface area contributed by atoms with Gasteiger partial charge >= 0.3 is 0 Å². The number of hydrogen-bond acceptors (Lipinski definition) is 7. The first kappa shape index (κ1) is 21.9. The zero-order valence-electron chi connectivity index (χ0n) is 18.1. The first-order valence-electron chi connectivity index (χ1n) is 10.8. The van der Waals surface area contributed by atoms with Gasteiger partial charge in [0.2, 0.25) is 0 Å². The molecule has 0 unspecified atom stereocenters. The van der Waals surface area contributed by atoms with Crippen molar-refractivity contribution in [2.45, 2.75) is 39.0 Å². The molecule has 4 rings (SSSR count). The monoisotopic (exact) mass is 433 g/mol. The molecule has 1 saturated heterocycles. The van der Waals surface area contributed by atoms with E-state index in [1.54, 1.807) is 12.1 Å². The summed E-state index contributed by atoms with van der Waals surface area (Å²) in [5.41, 5.74) is 3.84. The van der Waals surface area contributed by atoms with E-state index in [4.69, 9.17) is 0 Å². The van der Waals surface area contributed by atoms with Gasteiger partial charge in [-0.25, -0.2) is 9.97 Å². The van der Waals surface area contributed by atoms with Crippen molar-refractivity contribution in [2.75, 3.05) is 18.4 Å². The van der Waals surface area contributed by atoms with Crippen molar-refractivity contribution >= 4 is 11.5 Å². The molecule has 2 aromatic carbocycles. The Morgan fingerprint density at radius 1 is 1.09 bits per heavy atom. The van der Waals surface area contributed by atoms with Gasteiger partial charge in [0, 0.05) is 55.6 Å². The molecule has 2 N–H and O–H groups in total. The number of rotatable bonds is 7. The van der Waals surface area contributed by atoms with Crippen molar-refractivity contribution in [3.8, 4) is 11.4 Å². The average Bonchev–Trinajstić information content (AvgIpc) is 2.80. The number of nitrogens with one attached hydrogen (secondary N) is 1. The number of hydrogen-bond donors (Lipinski definition) is 2. The maximum atomic E-state index is 11.1. The molecule has 1 aliphatic heterocycles. The van der Waals surface area contributed by atoms with Crippen LogP contribution in [0.5, 0.6) is 0 Å². The molecule has 1 aliphatic rings. The number of aromatic nitrogens is 2. The van der Waals surface area contributed by atoms with Gasteiger partial charge in [0.05, 0.1) is 11.0 Å². The van der Waals surface area contributed by atoms with Crippen LogP contribution in [0.1, 0.15) is 29.7 Å². The van der Waals surface area contributed by atoms with Gasteiger partial charge in [0.15, 0.2) is 5.82 Å².